The first-order valence-corrected chi connectivity index (χ1v) is 22.6. The van der Waals surface area contributed by atoms with Crippen LogP contribution in [0.3, 0.4) is 0 Å². The average Bonchev–Trinajstić information content (AvgIpc) is 3.71. The van der Waals surface area contributed by atoms with Gasteiger partial charge in [-0.1, -0.05) is 157 Å². The predicted molar refractivity (Wildman–Crippen MR) is 271 cm³/mol. The summed E-state index contributed by atoms with van der Waals surface area (Å²) < 4.78 is 2.37. The summed E-state index contributed by atoms with van der Waals surface area (Å²) >= 11 is 1.84. The van der Waals surface area contributed by atoms with Crippen LogP contribution in [-0.4, -0.2) is 4.57 Å². The van der Waals surface area contributed by atoms with Gasteiger partial charge in [0.2, 0.25) is 0 Å². The summed E-state index contributed by atoms with van der Waals surface area (Å²) in [4.78, 5) is 7.23. The molecule has 302 valence electrons. The lowest BCUT2D eigenvalue weighted by Crippen LogP contribution is -2.14. The third kappa shape index (κ3) is 6.73. The molecule has 1 aliphatic rings. The van der Waals surface area contributed by atoms with Crippen LogP contribution < -0.4 is 9.80 Å². The molecule has 3 nitrogen and oxygen atoms in total. The second-order valence-corrected chi connectivity index (χ2v) is 17.3. The third-order valence-corrected chi connectivity index (χ3v) is 13.5. The van der Waals surface area contributed by atoms with E-state index in [1.165, 1.54) is 82.0 Å². The van der Waals surface area contributed by atoms with Crippen LogP contribution in [0.1, 0.15) is 0 Å². The number of hydrogen-bond donors (Lipinski definition) is 0. The van der Waals surface area contributed by atoms with Gasteiger partial charge in [-0.05, 0) is 137 Å². The van der Waals surface area contributed by atoms with Crippen LogP contribution in [0.15, 0.2) is 259 Å². The number of aromatic nitrogens is 1. The van der Waals surface area contributed by atoms with Crippen LogP contribution in [0.5, 0.6) is 0 Å². The van der Waals surface area contributed by atoms with Crippen LogP contribution in [0.25, 0.3) is 60.9 Å². The lowest BCUT2D eigenvalue weighted by Gasteiger charge is -2.33. The van der Waals surface area contributed by atoms with E-state index in [4.69, 9.17) is 0 Å². The monoisotopic (exact) mass is 835 g/mol. The van der Waals surface area contributed by atoms with Gasteiger partial charge in [-0.2, -0.15) is 0 Å². The maximum atomic E-state index is 2.38. The normalized spacial score (nSPS) is 12.0. The van der Waals surface area contributed by atoms with E-state index in [9.17, 15) is 0 Å². The average molecular weight is 836 g/mol. The summed E-state index contributed by atoms with van der Waals surface area (Å²) in [5.74, 6) is 0. The van der Waals surface area contributed by atoms with Crippen LogP contribution in [-0.2, 0) is 0 Å². The molecule has 1 aromatic heterocycles. The van der Waals surface area contributed by atoms with Crippen molar-refractivity contribution in [2.75, 3.05) is 9.80 Å². The van der Waals surface area contributed by atoms with Crippen molar-refractivity contribution in [3.63, 3.8) is 0 Å². The Labute approximate surface area is 377 Å². The molecule has 2 heterocycles. The number of nitrogens with zero attached hydrogens (tertiary/aromatic N) is 3. The molecule has 0 fully saturated rings. The fourth-order valence-corrected chi connectivity index (χ4v) is 10.4. The number of benzene rings is 10. The van der Waals surface area contributed by atoms with Crippen molar-refractivity contribution in [1.29, 1.82) is 0 Å². The maximum absolute atomic E-state index is 2.38. The number of para-hydroxylation sites is 4. The molecule has 12 rings (SSSR count). The second-order valence-electron chi connectivity index (χ2n) is 16.2. The van der Waals surface area contributed by atoms with Gasteiger partial charge in [0, 0.05) is 49.0 Å². The van der Waals surface area contributed by atoms with Crippen LogP contribution in [0.4, 0.5) is 34.1 Å². The lowest BCUT2D eigenvalue weighted by atomic mass is 10.0. The standard InChI is InChI=1S/C60H41N3S/c1-4-14-42(15-5-1)43-24-32-50(33-25-43)61(51-34-26-44(27-35-51)46-30-38-56-54(40-46)53-20-10-11-21-55(53)62(56)48-16-6-2-7-17-48)52-36-28-45(29-37-52)47-31-39-58-60(41-47)64-59-23-13-12-22-57(59)63(58)49-18-8-3-9-19-49/h1-41H. The van der Waals surface area contributed by atoms with Crippen LogP contribution >= 0.6 is 11.8 Å². The molecule has 0 radical (unpaired) electrons. The van der Waals surface area contributed by atoms with Gasteiger partial charge in [-0.3, -0.25) is 0 Å². The Bertz CT molecular complexity index is 3440. The molecule has 0 unspecified atom stereocenters. The first-order valence-electron chi connectivity index (χ1n) is 21.7. The summed E-state index contributed by atoms with van der Waals surface area (Å²) in [6, 6.07) is 90.0. The van der Waals surface area contributed by atoms with Gasteiger partial charge < -0.3 is 14.4 Å². The van der Waals surface area contributed by atoms with Crippen molar-refractivity contribution in [3.05, 3.63) is 249 Å². The Morgan fingerprint density at radius 1 is 0.297 bits per heavy atom. The highest BCUT2D eigenvalue weighted by Crippen LogP contribution is 2.52. The summed E-state index contributed by atoms with van der Waals surface area (Å²) in [6.07, 6.45) is 0. The van der Waals surface area contributed by atoms with Crippen LogP contribution in [0, 0.1) is 0 Å². The minimum Gasteiger partial charge on any atom is -0.311 e. The van der Waals surface area contributed by atoms with Gasteiger partial charge in [0.25, 0.3) is 0 Å². The highest BCUT2D eigenvalue weighted by atomic mass is 32.2. The molecule has 10 aromatic carbocycles. The summed E-state index contributed by atoms with van der Waals surface area (Å²) in [7, 11) is 0. The summed E-state index contributed by atoms with van der Waals surface area (Å²) in [5.41, 5.74) is 17.6. The lowest BCUT2D eigenvalue weighted by molar-refractivity contribution is 1.17. The first kappa shape index (κ1) is 37.7. The van der Waals surface area contributed by atoms with E-state index in [0.717, 1.165) is 22.7 Å². The third-order valence-electron chi connectivity index (χ3n) is 12.4. The largest absolute Gasteiger partial charge is 0.311 e. The van der Waals surface area contributed by atoms with E-state index >= 15 is 0 Å². The topological polar surface area (TPSA) is 11.4 Å². The molecular formula is C60H41N3S. The predicted octanol–water partition coefficient (Wildman–Crippen LogP) is 17.2. The summed E-state index contributed by atoms with van der Waals surface area (Å²) in [5, 5.41) is 2.50. The number of rotatable bonds is 8. The molecule has 0 amide bonds. The van der Waals surface area contributed by atoms with Crippen LogP contribution in [0.2, 0.25) is 0 Å². The quantitative estimate of drug-likeness (QED) is 0.151. The van der Waals surface area contributed by atoms with Gasteiger partial charge in [0.05, 0.1) is 22.4 Å². The molecule has 0 aliphatic carbocycles. The van der Waals surface area contributed by atoms with Gasteiger partial charge in [0.1, 0.15) is 0 Å². The van der Waals surface area contributed by atoms with E-state index in [1.807, 2.05) is 11.8 Å². The van der Waals surface area contributed by atoms with Crippen molar-refractivity contribution in [2.45, 2.75) is 9.79 Å². The van der Waals surface area contributed by atoms with E-state index < -0.39 is 0 Å². The Hall–Kier alpha value is -8.05. The van der Waals surface area contributed by atoms with Crippen molar-refractivity contribution in [3.8, 4) is 39.1 Å². The molecular weight excluding hydrogens is 795 g/mol. The number of hydrogen-bond acceptors (Lipinski definition) is 3. The highest BCUT2D eigenvalue weighted by Gasteiger charge is 2.25. The fraction of sp³-hybridized carbons (Fsp3) is 0. The van der Waals surface area contributed by atoms with Crippen molar-refractivity contribution < 1.29 is 0 Å². The SMILES string of the molecule is c1ccc(-c2ccc(N(c3ccc(-c4ccc5c(c4)Sc4ccccc4N5c4ccccc4)cc3)c3ccc(-c4ccc5c(c4)c4ccccc4n5-c4ccccc4)cc3)cc2)cc1. The van der Waals surface area contributed by atoms with Gasteiger partial charge in [-0.15, -0.1) is 0 Å². The second kappa shape index (κ2) is 16.0. The molecule has 0 saturated carbocycles. The van der Waals surface area contributed by atoms with E-state index in [1.54, 1.807) is 0 Å². The molecule has 1 aliphatic heterocycles. The molecule has 64 heavy (non-hydrogen) atoms. The van der Waals surface area contributed by atoms with E-state index in [-0.39, 0.29) is 0 Å². The Kier molecular flexibility index (Phi) is 9.43. The van der Waals surface area contributed by atoms with Gasteiger partial charge >= 0.3 is 0 Å². The Morgan fingerprint density at radius 2 is 0.750 bits per heavy atom. The maximum Gasteiger partial charge on any atom is 0.0602 e. The minimum absolute atomic E-state index is 1.09. The molecule has 0 atom stereocenters. The number of anilines is 6. The van der Waals surface area contributed by atoms with Crippen molar-refractivity contribution in [2.24, 2.45) is 0 Å². The minimum atomic E-state index is 1.09. The molecule has 0 N–H and O–H groups in total. The molecule has 0 spiro atoms. The Morgan fingerprint density at radius 3 is 1.41 bits per heavy atom. The summed E-state index contributed by atoms with van der Waals surface area (Å²) in [6.45, 7) is 0. The van der Waals surface area contributed by atoms with E-state index in [0.29, 0.717) is 0 Å². The zero-order chi connectivity index (χ0) is 42.4. The van der Waals surface area contributed by atoms with Gasteiger partial charge in [0.15, 0.2) is 0 Å². The molecule has 11 aromatic rings. The first-order chi connectivity index (χ1) is 31.7. The van der Waals surface area contributed by atoms with Crippen molar-refractivity contribution in [1.82, 2.24) is 4.57 Å². The fourth-order valence-electron chi connectivity index (χ4n) is 9.29. The number of fused-ring (bicyclic) bond motifs is 5. The molecule has 4 heteroatoms. The van der Waals surface area contributed by atoms with Gasteiger partial charge in [-0.25, -0.2) is 0 Å². The smallest absolute Gasteiger partial charge is 0.0602 e. The molecule has 0 saturated heterocycles. The zero-order valence-corrected chi connectivity index (χ0v) is 35.7. The zero-order valence-electron chi connectivity index (χ0n) is 34.9. The van der Waals surface area contributed by atoms with Crippen molar-refractivity contribution >= 4 is 67.7 Å². The van der Waals surface area contributed by atoms with E-state index in [2.05, 4.69) is 263 Å². The Balaban J connectivity index is 0.898. The molecule has 0 bridgehead atoms. The highest BCUT2D eigenvalue weighted by molar-refractivity contribution is 7.99.